The topological polar surface area (TPSA) is 4.93 Å². The predicted molar refractivity (Wildman–Crippen MR) is 94.6 cm³/mol. The average Bonchev–Trinajstić information content (AvgIpc) is 2.65. The number of aryl methyl sites for hydroxylation is 4. The molecule has 1 aromatic carbocycles. The second kappa shape index (κ2) is 6.05. The van der Waals surface area contributed by atoms with E-state index in [1.807, 2.05) is 11.3 Å². The maximum Gasteiger partial charge on any atom is 0.166 e. The monoisotopic (exact) mass is 317 g/mol. The number of fused-ring (bicyclic) bond motifs is 1. The van der Waals surface area contributed by atoms with E-state index in [1.165, 1.54) is 71.5 Å². The molecule has 0 bridgehead atoms. The van der Waals surface area contributed by atoms with Crippen molar-refractivity contribution in [2.24, 2.45) is 0 Å². The largest absolute Gasteiger partial charge is 0.295 e. The molecule has 0 unspecified atom stereocenters. The van der Waals surface area contributed by atoms with E-state index in [0.29, 0.717) is 0 Å². The molecule has 1 aliphatic carbocycles. The standard InChI is InChI=1S/C18H23NS2/c1-12-10-13(2)17(14(3)11-12)19-15-8-6-4-5-7-9-16(15)21-18(19)20/h10-11H,4-9H2,1-3H3. The van der Waals surface area contributed by atoms with Gasteiger partial charge in [0, 0.05) is 10.6 Å². The van der Waals surface area contributed by atoms with Crippen LogP contribution in [0.25, 0.3) is 5.69 Å². The fourth-order valence-electron chi connectivity index (χ4n) is 3.57. The minimum Gasteiger partial charge on any atom is -0.295 e. The molecule has 0 aliphatic heterocycles. The first kappa shape index (κ1) is 15.0. The van der Waals surface area contributed by atoms with Gasteiger partial charge in [-0.2, -0.15) is 0 Å². The molecule has 3 heteroatoms. The van der Waals surface area contributed by atoms with Gasteiger partial charge in [-0.25, -0.2) is 0 Å². The zero-order valence-electron chi connectivity index (χ0n) is 13.2. The van der Waals surface area contributed by atoms with Crippen molar-refractivity contribution in [3.63, 3.8) is 0 Å². The summed E-state index contributed by atoms with van der Waals surface area (Å²) in [6.45, 7) is 6.59. The van der Waals surface area contributed by atoms with Crippen LogP contribution in [0, 0.1) is 24.7 Å². The average molecular weight is 318 g/mol. The summed E-state index contributed by atoms with van der Waals surface area (Å²) in [5, 5.41) is 0. The molecule has 2 aromatic rings. The highest BCUT2D eigenvalue weighted by molar-refractivity contribution is 7.73. The third kappa shape index (κ3) is 2.86. The molecule has 112 valence electrons. The Kier molecular flexibility index (Phi) is 4.32. The lowest BCUT2D eigenvalue weighted by Crippen LogP contribution is -2.08. The molecule has 0 spiro atoms. The van der Waals surface area contributed by atoms with Crippen LogP contribution in [0.4, 0.5) is 0 Å². The van der Waals surface area contributed by atoms with Gasteiger partial charge in [-0.1, -0.05) is 30.5 Å². The highest BCUT2D eigenvalue weighted by Crippen LogP contribution is 2.32. The van der Waals surface area contributed by atoms with Gasteiger partial charge in [0.2, 0.25) is 0 Å². The Morgan fingerprint density at radius 1 is 0.952 bits per heavy atom. The molecule has 1 heterocycles. The maximum absolute atomic E-state index is 5.72. The molecule has 3 rings (SSSR count). The van der Waals surface area contributed by atoms with Crippen LogP contribution in [0.15, 0.2) is 12.1 Å². The molecule has 0 saturated heterocycles. The second-order valence-electron chi connectivity index (χ2n) is 6.23. The highest BCUT2D eigenvalue weighted by Gasteiger charge is 2.18. The Balaban J connectivity index is 2.21. The van der Waals surface area contributed by atoms with Gasteiger partial charge < -0.3 is 0 Å². The van der Waals surface area contributed by atoms with Gasteiger partial charge in [-0.15, -0.1) is 11.3 Å². The molecule has 0 atom stereocenters. The van der Waals surface area contributed by atoms with Crippen molar-refractivity contribution in [2.75, 3.05) is 0 Å². The molecular formula is C18H23NS2. The molecule has 0 fully saturated rings. The minimum absolute atomic E-state index is 1.02. The first-order valence-electron chi connectivity index (χ1n) is 7.90. The SMILES string of the molecule is Cc1cc(C)c(-n2c3c(sc2=S)CCCCCC3)c(C)c1. The van der Waals surface area contributed by atoms with E-state index in [1.54, 1.807) is 0 Å². The number of hydrogen-bond acceptors (Lipinski definition) is 2. The third-order valence-electron chi connectivity index (χ3n) is 4.41. The van der Waals surface area contributed by atoms with Gasteiger partial charge in [0.1, 0.15) is 0 Å². The normalized spacial score (nSPS) is 15.4. The van der Waals surface area contributed by atoms with Crippen LogP contribution in [-0.4, -0.2) is 4.57 Å². The van der Waals surface area contributed by atoms with Crippen molar-refractivity contribution in [3.05, 3.63) is 43.3 Å². The summed E-state index contributed by atoms with van der Waals surface area (Å²) >= 11 is 7.56. The fourth-order valence-corrected chi connectivity index (χ4v) is 5.14. The Morgan fingerprint density at radius 3 is 2.24 bits per heavy atom. The molecule has 0 amide bonds. The van der Waals surface area contributed by atoms with E-state index in [0.717, 1.165) is 3.95 Å². The lowest BCUT2D eigenvalue weighted by atomic mass is 10.0. The summed E-state index contributed by atoms with van der Waals surface area (Å²) in [7, 11) is 0. The van der Waals surface area contributed by atoms with Crippen molar-refractivity contribution in [1.82, 2.24) is 4.57 Å². The Hall–Kier alpha value is -0.930. The summed E-state index contributed by atoms with van der Waals surface area (Å²) in [4.78, 5) is 1.53. The number of hydrogen-bond donors (Lipinski definition) is 0. The lowest BCUT2D eigenvalue weighted by molar-refractivity contribution is 0.608. The van der Waals surface area contributed by atoms with Crippen molar-refractivity contribution < 1.29 is 0 Å². The van der Waals surface area contributed by atoms with Crippen LogP contribution < -0.4 is 0 Å². The third-order valence-corrected chi connectivity index (χ3v) is 5.89. The van der Waals surface area contributed by atoms with Gasteiger partial charge in [-0.3, -0.25) is 4.57 Å². The van der Waals surface area contributed by atoms with Gasteiger partial charge in [-0.05, 0) is 69.8 Å². The predicted octanol–water partition coefficient (Wildman–Crippen LogP) is 5.85. The molecule has 1 aromatic heterocycles. The maximum atomic E-state index is 5.72. The summed E-state index contributed by atoms with van der Waals surface area (Å²) in [6.07, 6.45) is 7.72. The Bertz CT molecular complexity index is 698. The second-order valence-corrected chi connectivity index (χ2v) is 7.96. The van der Waals surface area contributed by atoms with E-state index in [9.17, 15) is 0 Å². The van der Waals surface area contributed by atoms with Crippen LogP contribution in [-0.2, 0) is 12.8 Å². The molecule has 0 N–H and O–H groups in total. The first-order chi connectivity index (χ1) is 10.1. The van der Waals surface area contributed by atoms with Crippen LogP contribution in [0.3, 0.4) is 0 Å². The minimum atomic E-state index is 1.02. The first-order valence-corrected chi connectivity index (χ1v) is 9.12. The van der Waals surface area contributed by atoms with E-state index in [-0.39, 0.29) is 0 Å². The van der Waals surface area contributed by atoms with Crippen molar-refractivity contribution in [1.29, 1.82) is 0 Å². The van der Waals surface area contributed by atoms with Crippen molar-refractivity contribution in [2.45, 2.75) is 59.3 Å². The summed E-state index contributed by atoms with van der Waals surface area (Å²) in [5.41, 5.74) is 6.82. The van der Waals surface area contributed by atoms with Crippen LogP contribution in [0.1, 0.15) is 52.9 Å². The number of nitrogens with zero attached hydrogens (tertiary/aromatic N) is 1. The van der Waals surface area contributed by atoms with Crippen LogP contribution in [0.2, 0.25) is 0 Å². The number of benzene rings is 1. The summed E-state index contributed by atoms with van der Waals surface area (Å²) in [5.74, 6) is 0. The molecule has 0 saturated carbocycles. The molecule has 0 radical (unpaired) electrons. The number of rotatable bonds is 1. The molecule has 21 heavy (non-hydrogen) atoms. The van der Waals surface area contributed by atoms with E-state index < -0.39 is 0 Å². The van der Waals surface area contributed by atoms with E-state index in [4.69, 9.17) is 12.2 Å². The van der Waals surface area contributed by atoms with Crippen molar-refractivity contribution >= 4 is 23.6 Å². The van der Waals surface area contributed by atoms with E-state index in [2.05, 4.69) is 37.5 Å². The Labute approximate surface area is 136 Å². The zero-order chi connectivity index (χ0) is 15.0. The van der Waals surface area contributed by atoms with Crippen LogP contribution in [0.5, 0.6) is 0 Å². The smallest absolute Gasteiger partial charge is 0.166 e. The molecular weight excluding hydrogens is 294 g/mol. The quantitative estimate of drug-likeness (QED) is 0.597. The van der Waals surface area contributed by atoms with E-state index >= 15 is 0 Å². The lowest BCUT2D eigenvalue weighted by Gasteiger charge is -2.17. The zero-order valence-corrected chi connectivity index (χ0v) is 14.8. The summed E-state index contributed by atoms with van der Waals surface area (Å²) < 4.78 is 3.40. The Morgan fingerprint density at radius 2 is 1.57 bits per heavy atom. The van der Waals surface area contributed by atoms with Crippen molar-refractivity contribution in [3.8, 4) is 5.69 Å². The number of aromatic nitrogens is 1. The molecule has 1 nitrogen and oxygen atoms in total. The van der Waals surface area contributed by atoms with Crippen LogP contribution >= 0.6 is 23.6 Å². The van der Waals surface area contributed by atoms with Gasteiger partial charge in [0.15, 0.2) is 3.95 Å². The fraction of sp³-hybridized carbons (Fsp3) is 0.500. The van der Waals surface area contributed by atoms with Gasteiger partial charge in [0.05, 0.1) is 5.69 Å². The van der Waals surface area contributed by atoms with Gasteiger partial charge in [0.25, 0.3) is 0 Å². The summed E-state index contributed by atoms with van der Waals surface area (Å²) in [6, 6.07) is 4.55. The number of thiazole rings is 1. The molecule has 1 aliphatic rings. The highest BCUT2D eigenvalue weighted by atomic mass is 32.1. The van der Waals surface area contributed by atoms with Gasteiger partial charge >= 0.3 is 0 Å².